The molecule has 1 N–H and O–H groups in total. The van der Waals surface area contributed by atoms with E-state index in [0.29, 0.717) is 17.7 Å². The lowest BCUT2D eigenvalue weighted by Crippen LogP contribution is -2.06. The number of carbonyl (C=O) groups is 2. The van der Waals surface area contributed by atoms with Gasteiger partial charge in [0.2, 0.25) is 0 Å². The number of Topliss-reactive ketones (excluding diaryl/α,β-unsaturated/α-hetero) is 1. The van der Waals surface area contributed by atoms with Gasteiger partial charge >= 0.3 is 5.97 Å². The lowest BCUT2D eigenvalue weighted by atomic mass is 10.1. The van der Waals surface area contributed by atoms with Gasteiger partial charge in [0.15, 0.2) is 5.78 Å². The molecule has 0 aliphatic heterocycles. The van der Waals surface area contributed by atoms with Crippen LogP contribution in [0.2, 0.25) is 0 Å². The van der Waals surface area contributed by atoms with E-state index in [-0.39, 0.29) is 11.7 Å². The van der Waals surface area contributed by atoms with Crippen LogP contribution in [0.3, 0.4) is 0 Å². The number of H-pyrrole nitrogens is 1. The molecule has 0 bridgehead atoms. The highest BCUT2D eigenvalue weighted by Crippen LogP contribution is 2.26. The third-order valence-electron chi connectivity index (χ3n) is 2.53. The summed E-state index contributed by atoms with van der Waals surface area (Å²) < 4.78 is 4.55. The molecule has 1 aromatic heterocycles. The Morgan fingerprint density at radius 1 is 1.64 bits per heavy atom. The van der Waals surface area contributed by atoms with E-state index in [0.717, 1.165) is 5.69 Å². The Morgan fingerprint density at radius 3 is 2.93 bits per heavy atom. The van der Waals surface area contributed by atoms with Crippen molar-refractivity contribution < 1.29 is 14.3 Å². The zero-order chi connectivity index (χ0) is 10.3. The standard InChI is InChI=1S/C10H11NO3/c1-5-3-7-6(9(5)12)4-8(11-7)10(13)14-2/h4-5,11H,3H2,1-2H3/t5-/m0/s1. The Kier molecular flexibility index (Phi) is 1.91. The quantitative estimate of drug-likeness (QED) is 0.681. The van der Waals surface area contributed by atoms with Crippen LogP contribution in [0.15, 0.2) is 6.07 Å². The fraction of sp³-hybridized carbons (Fsp3) is 0.400. The predicted molar refractivity (Wildman–Crippen MR) is 49.3 cm³/mol. The average molecular weight is 193 g/mol. The summed E-state index contributed by atoms with van der Waals surface area (Å²) in [7, 11) is 1.32. The molecule has 0 amide bonds. The molecule has 74 valence electrons. The molecule has 4 nitrogen and oxygen atoms in total. The number of ether oxygens (including phenoxy) is 1. The molecule has 0 fully saturated rings. The summed E-state index contributed by atoms with van der Waals surface area (Å²) in [6, 6.07) is 1.58. The number of fused-ring (bicyclic) bond motifs is 1. The summed E-state index contributed by atoms with van der Waals surface area (Å²) in [4.78, 5) is 25.6. The first-order chi connectivity index (χ1) is 6.63. The molecule has 0 radical (unpaired) electrons. The molecule has 1 atom stereocenters. The highest BCUT2D eigenvalue weighted by Gasteiger charge is 2.30. The summed E-state index contributed by atoms with van der Waals surface area (Å²) >= 11 is 0. The average Bonchev–Trinajstić information content (AvgIpc) is 2.68. The second-order valence-electron chi connectivity index (χ2n) is 3.54. The summed E-state index contributed by atoms with van der Waals surface area (Å²) in [5.41, 5.74) is 1.85. The zero-order valence-corrected chi connectivity index (χ0v) is 8.09. The first-order valence-corrected chi connectivity index (χ1v) is 4.48. The number of carbonyl (C=O) groups excluding carboxylic acids is 2. The van der Waals surface area contributed by atoms with Gasteiger partial charge in [0.05, 0.1) is 7.11 Å². The van der Waals surface area contributed by atoms with Crippen LogP contribution >= 0.6 is 0 Å². The van der Waals surface area contributed by atoms with Crippen molar-refractivity contribution in [1.29, 1.82) is 0 Å². The molecular weight excluding hydrogens is 182 g/mol. The van der Waals surface area contributed by atoms with Crippen molar-refractivity contribution in [3.05, 3.63) is 23.0 Å². The van der Waals surface area contributed by atoms with Crippen LogP contribution < -0.4 is 0 Å². The van der Waals surface area contributed by atoms with Crippen molar-refractivity contribution in [3.8, 4) is 0 Å². The first-order valence-electron chi connectivity index (χ1n) is 4.48. The minimum atomic E-state index is -0.431. The number of hydrogen-bond donors (Lipinski definition) is 1. The molecule has 0 saturated heterocycles. The van der Waals surface area contributed by atoms with Gasteiger partial charge in [0.25, 0.3) is 0 Å². The van der Waals surface area contributed by atoms with E-state index in [4.69, 9.17) is 0 Å². The van der Waals surface area contributed by atoms with Gasteiger partial charge in [-0.15, -0.1) is 0 Å². The van der Waals surface area contributed by atoms with E-state index in [1.807, 2.05) is 6.92 Å². The van der Waals surface area contributed by atoms with Gasteiger partial charge < -0.3 is 9.72 Å². The van der Waals surface area contributed by atoms with Crippen LogP contribution in [0.25, 0.3) is 0 Å². The van der Waals surface area contributed by atoms with Crippen LogP contribution in [0, 0.1) is 5.92 Å². The highest BCUT2D eigenvalue weighted by molar-refractivity contribution is 6.03. The number of aromatic nitrogens is 1. The lowest BCUT2D eigenvalue weighted by molar-refractivity contribution is 0.0594. The maximum Gasteiger partial charge on any atom is 0.354 e. The maximum atomic E-state index is 11.5. The van der Waals surface area contributed by atoms with Gasteiger partial charge in [-0.1, -0.05) is 6.92 Å². The summed E-state index contributed by atoms with van der Waals surface area (Å²) in [6.45, 7) is 1.88. The van der Waals surface area contributed by atoms with Gasteiger partial charge in [-0.05, 0) is 12.5 Å². The van der Waals surface area contributed by atoms with Crippen molar-refractivity contribution in [2.24, 2.45) is 5.92 Å². The van der Waals surface area contributed by atoms with Crippen molar-refractivity contribution in [1.82, 2.24) is 4.98 Å². The predicted octanol–water partition coefficient (Wildman–Crippen LogP) is 1.18. The maximum absolute atomic E-state index is 11.5. The fourth-order valence-corrected chi connectivity index (χ4v) is 1.76. The largest absolute Gasteiger partial charge is 0.464 e. The number of methoxy groups -OCH3 is 1. The minimum Gasteiger partial charge on any atom is -0.464 e. The SMILES string of the molecule is COC(=O)c1cc2c([nH]1)C[C@H](C)C2=O. The fourth-order valence-electron chi connectivity index (χ4n) is 1.76. The second-order valence-corrected chi connectivity index (χ2v) is 3.54. The third-order valence-corrected chi connectivity index (χ3v) is 2.53. The molecule has 1 aliphatic carbocycles. The van der Waals surface area contributed by atoms with E-state index in [2.05, 4.69) is 9.72 Å². The molecule has 0 spiro atoms. The van der Waals surface area contributed by atoms with E-state index >= 15 is 0 Å². The van der Waals surface area contributed by atoms with E-state index < -0.39 is 5.97 Å². The second kappa shape index (κ2) is 2.97. The third kappa shape index (κ3) is 1.14. The number of rotatable bonds is 1. The van der Waals surface area contributed by atoms with Gasteiger partial charge in [-0.25, -0.2) is 4.79 Å². The Morgan fingerprint density at radius 2 is 2.36 bits per heavy atom. The van der Waals surface area contributed by atoms with Gasteiger partial charge in [0.1, 0.15) is 5.69 Å². The lowest BCUT2D eigenvalue weighted by Gasteiger charge is -1.98. The Labute approximate surface area is 81.3 Å². The summed E-state index contributed by atoms with van der Waals surface area (Å²) in [6.07, 6.45) is 0.686. The van der Waals surface area contributed by atoms with E-state index in [1.165, 1.54) is 7.11 Å². The summed E-state index contributed by atoms with van der Waals surface area (Å²) in [5.74, 6) is -0.297. The van der Waals surface area contributed by atoms with Gasteiger partial charge in [-0.2, -0.15) is 0 Å². The monoisotopic (exact) mass is 193 g/mol. The van der Waals surface area contributed by atoms with E-state index in [1.54, 1.807) is 6.07 Å². The first kappa shape index (κ1) is 8.99. The number of esters is 1. The van der Waals surface area contributed by atoms with Gasteiger partial charge in [0, 0.05) is 17.2 Å². The topological polar surface area (TPSA) is 59.2 Å². The molecule has 1 aliphatic rings. The van der Waals surface area contributed by atoms with Crippen LogP contribution in [-0.2, 0) is 11.2 Å². The normalized spacial score (nSPS) is 19.6. The van der Waals surface area contributed by atoms with Crippen molar-refractivity contribution in [3.63, 3.8) is 0 Å². The molecule has 0 aromatic carbocycles. The van der Waals surface area contributed by atoms with Crippen LogP contribution in [-0.4, -0.2) is 23.8 Å². The smallest absolute Gasteiger partial charge is 0.354 e. The zero-order valence-electron chi connectivity index (χ0n) is 8.09. The van der Waals surface area contributed by atoms with Crippen molar-refractivity contribution >= 4 is 11.8 Å². The van der Waals surface area contributed by atoms with Crippen molar-refractivity contribution in [2.45, 2.75) is 13.3 Å². The number of aromatic amines is 1. The molecule has 0 unspecified atom stereocenters. The molecule has 1 heterocycles. The Balaban J connectivity index is 2.37. The molecule has 4 heteroatoms. The molecule has 14 heavy (non-hydrogen) atoms. The van der Waals surface area contributed by atoms with E-state index in [9.17, 15) is 9.59 Å². The molecule has 2 rings (SSSR count). The van der Waals surface area contributed by atoms with Crippen molar-refractivity contribution in [2.75, 3.05) is 7.11 Å². The number of nitrogens with one attached hydrogen (secondary N) is 1. The minimum absolute atomic E-state index is 0.0305. The van der Waals surface area contributed by atoms with Crippen LogP contribution in [0.4, 0.5) is 0 Å². The Hall–Kier alpha value is -1.58. The molecule has 1 aromatic rings. The van der Waals surface area contributed by atoms with Gasteiger partial charge in [-0.3, -0.25) is 4.79 Å². The van der Waals surface area contributed by atoms with Crippen LogP contribution in [0.5, 0.6) is 0 Å². The molecule has 0 saturated carbocycles. The summed E-state index contributed by atoms with van der Waals surface area (Å²) in [5, 5.41) is 0. The highest BCUT2D eigenvalue weighted by atomic mass is 16.5. The Bertz CT molecular complexity index is 405. The molecular formula is C10H11NO3. The number of hydrogen-bond acceptors (Lipinski definition) is 3. The van der Waals surface area contributed by atoms with Crippen LogP contribution in [0.1, 0.15) is 33.5 Å². The number of ketones is 1.